The van der Waals surface area contributed by atoms with Crippen LogP contribution >= 0.6 is 0 Å². The molecule has 0 unspecified atom stereocenters. The van der Waals surface area contributed by atoms with E-state index in [-0.39, 0.29) is 17.1 Å². The monoisotopic (exact) mass is 250 g/mol. The molecule has 0 heterocycles. The number of carbonyl (C=O) groups is 1. The summed E-state index contributed by atoms with van der Waals surface area (Å²) >= 11 is 0. The number of aromatic hydroxyl groups is 2. The maximum Gasteiger partial charge on any atom is 0.258 e. The van der Waals surface area contributed by atoms with Crippen LogP contribution in [-0.2, 0) is 0 Å². The summed E-state index contributed by atoms with van der Waals surface area (Å²) in [4.78, 5) is 14.3. The number of carbonyl (C=O) groups excluding carboxylic acids is 1. The third kappa shape index (κ3) is 3.88. The van der Waals surface area contributed by atoms with Gasteiger partial charge in [0.25, 0.3) is 5.91 Å². The van der Waals surface area contributed by atoms with Gasteiger partial charge in [-0.25, -0.2) is 0 Å². The molecule has 96 valence electrons. The Labute approximate surface area is 104 Å². The largest absolute Gasteiger partial charge is 0.507 e. The summed E-state index contributed by atoms with van der Waals surface area (Å²) in [5.74, 6) is -1.06. The van der Waals surface area contributed by atoms with E-state index in [9.17, 15) is 15.0 Å². The molecule has 0 aliphatic rings. The number of hydrogen-bond acceptors (Lipinski definition) is 4. The molecule has 0 saturated carbocycles. The van der Waals surface area contributed by atoms with Crippen molar-refractivity contribution in [3.05, 3.63) is 34.2 Å². The average molecular weight is 250 g/mol. The number of phenols is 2. The number of unbranched alkanes of at least 4 members (excludes halogenated alkanes) is 1. The highest BCUT2D eigenvalue weighted by molar-refractivity contribution is 5.99. The third-order valence-corrected chi connectivity index (χ3v) is 2.28. The van der Waals surface area contributed by atoms with Gasteiger partial charge in [0.2, 0.25) is 0 Å². The first-order valence-electron chi connectivity index (χ1n) is 5.47. The first-order valence-corrected chi connectivity index (χ1v) is 5.47. The minimum absolute atomic E-state index is 0.132. The Hall–Kier alpha value is -2.40. The van der Waals surface area contributed by atoms with E-state index in [1.54, 1.807) is 0 Å². The van der Waals surface area contributed by atoms with E-state index < -0.39 is 5.91 Å². The molecule has 0 spiro atoms. The summed E-state index contributed by atoms with van der Waals surface area (Å²) < 4.78 is 0. The lowest BCUT2D eigenvalue weighted by Crippen LogP contribution is -2.24. The number of nitrogens with zero attached hydrogens (tertiary/aromatic N) is 3. The second-order valence-corrected chi connectivity index (χ2v) is 3.59. The molecular formula is C11H14N4O3. The Bertz CT molecular complexity index is 449. The highest BCUT2D eigenvalue weighted by Crippen LogP contribution is 2.25. The molecule has 0 aliphatic heterocycles. The average Bonchev–Trinajstić information content (AvgIpc) is 2.33. The first kappa shape index (κ1) is 13.7. The molecule has 1 amide bonds. The van der Waals surface area contributed by atoms with E-state index in [0.717, 1.165) is 0 Å². The van der Waals surface area contributed by atoms with Crippen molar-refractivity contribution in [2.75, 3.05) is 13.1 Å². The van der Waals surface area contributed by atoms with Crippen LogP contribution in [0.4, 0.5) is 0 Å². The van der Waals surface area contributed by atoms with Crippen molar-refractivity contribution in [1.82, 2.24) is 5.32 Å². The van der Waals surface area contributed by atoms with E-state index in [1.807, 2.05) is 0 Å². The topological polar surface area (TPSA) is 118 Å². The van der Waals surface area contributed by atoms with Crippen LogP contribution in [-0.4, -0.2) is 29.2 Å². The minimum Gasteiger partial charge on any atom is -0.507 e. The predicted octanol–water partition coefficient (Wildman–Crippen LogP) is 1.92. The van der Waals surface area contributed by atoms with E-state index in [4.69, 9.17) is 5.53 Å². The van der Waals surface area contributed by atoms with Gasteiger partial charge in [0, 0.05) is 18.0 Å². The molecule has 0 saturated heterocycles. The van der Waals surface area contributed by atoms with Crippen LogP contribution in [0.15, 0.2) is 23.3 Å². The van der Waals surface area contributed by atoms with Gasteiger partial charge in [-0.2, -0.15) is 0 Å². The SMILES string of the molecule is [N-]=[N+]=NCCCCNC(=O)c1c(O)cccc1O. The van der Waals surface area contributed by atoms with Gasteiger partial charge in [-0.3, -0.25) is 4.79 Å². The number of hydrogen-bond donors (Lipinski definition) is 3. The molecule has 0 fully saturated rings. The van der Waals surface area contributed by atoms with Crippen molar-refractivity contribution in [2.24, 2.45) is 5.11 Å². The van der Waals surface area contributed by atoms with Crippen LogP contribution in [0.25, 0.3) is 10.4 Å². The zero-order chi connectivity index (χ0) is 13.4. The first-order chi connectivity index (χ1) is 8.66. The van der Waals surface area contributed by atoms with Gasteiger partial charge in [-0.15, -0.1) is 0 Å². The molecular weight excluding hydrogens is 236 g/mol. The standard InChI is InChI=1S/C11H14N4O3/c12-15-14-7-2-1-6-13-11(18)10-8(16)4-3-5-9(10)17/h3-5,16-17H,1-2,6-7H2,(H,13,18). The quantitative estimate of drug-likeness (QED) is 0.309. The van der Waals surface area contributed by atoms with Gasteiger partial charge in [-0.1, -0.05) is 11.2 Å². The highest BCUT2D eigenvalue weighted by atomic mass is 16.3. The molecule has 1 aromatic rings. The van der Waals surface area contributed by atoms with Crippen molar-refractivity contribution in [1.29, 1.82) is 0 Å². The summed E-state index contributed by atoms with van der Waals surface area (Å²) in [5, 5.41) is 24.8. The lowest BCUT2D eigenvalue weighted by Gasteiger charge is -2.07. The van der Waals surface area contributed by atoms with Crippen LogP contribution in [0.1, 0.15) is 23.2 Å². The van der Waals surface area contributed by atoms with Crippen molar-refractivity contribution in [3.63, 3.8) is 0 Å². The van der Waals surface area contributed by atoms with E-state index in [0.29, 0.717) is 25.9 Å². The molecule has 18 heavy (non-hydrogen) atoms. The summed E-state index contributed by atoms with van der Waals surface area (Å²) in [6.07, 6.45) is 1.32. The van der Waals surface area contributed by atoms with Crippen LogP contribution in [0.5, 0.6) is 11.5 Å². The number of nitrogens with one attached hydrogen (secondary N) is 1. The number of benzene rings is 1. The predicted molar refractivity (Wildman–Crippen MR) is 65.4 cm³/mol. The Morgan fingerprint density at radius 3 is 2.61 bits per heavy atom. The number of phenolic OH excluding ortho intramolecular Hbond substituents is 2. The number of rotatable bonds is 6. The molecule has 1 aromatic carbocycles. The van der Waals surface area contributed by atoms with Crippen molar-refractivity contribution in [2.45, 2.75) is 12.8 Å². The van der Waals surface area contributed by atoms with Crippen LogP contribution < -0.4 is 5.32 Å². The minimum atomic E-state index is -0.533. The third-order valence-electron chi connectivity index (χ3n) is 2.28. The van der Waals surface area contributed by atoms with Crippen molar-refractivity contribution < 1.29 is 15.0 Å². The van der Waals surface area contributed by atoms with Gasteiger partial charge in [0.1, 0.15) is 17.1 Å². The van der Waals surface area contributed by atoms with Gasteiger partial charge in [0.15, 0.2) is 0 Å². The van der Waals surface area contributed by atoms with Gasteiger partial charge < -0.3 is 15.5 Å². The smallest absolute Gasteiger partial charge is 0.258 e. The summed E-state index contributed by atoms with van der Waals surface area (Å²) in [6, 6.07) is 4.11. The molecule has 0 bridgehead atoms. The molecule has 0 radical (unpaired) electrons. The second-order valence-electron chi connectivity index (χ2n) is 3.59. The summed E-state index contributed by atoms with van der Waals surface area (Å²) in [5.41, 5.74) is 7.92. The van der Waals surface area contributed by atoms with Crippen molar-refractivity contribution >= 4 is 5.91 Å². The fraction of sp³-hybridized carbons (Fsp3) is 0.364. The van der Waals surface area contributed by atoms with Gasteiger partial charge in [0.05, 0.1) is 0 Å². The molecule has 3 N–H and O–H groups in total. The molecule has 7 nitrogen and oxygen atoms in total. The molecule has 0 atom stereocenters. The van der Waals surface area contributed by atoms with E-state index in [2.05, 4.69) is 15.3 Å². The Morgan fingerprint density at radius 1 is 1.33 bits per heavy atom. The lowest BCUT2D eigenvalue weighted by molar-refractivity contribution is 0.0947. The number of amides is 1. The van der Waals surface area contributed by atoms with Crippen LogP contribution in [0.2, 0.25) is 0 Å². The zero-order valence-corrected chi connectivity index (χ0v) is 9.70. The van der Waals surface area contributed by atoms with Crippen LogP contribution in [0.3, 0.4) is 0 Å². The van der Waals surface area contributed by atoms with E-state index >= 15 is 0 Å². The Morgan fingerprint density at radius 2 is 2.00 bits per heavy atom. The van der Waals surface area contributed by atoms with E-state index in [1.165, 1.54) is 18.2 Å². The zero-order valence-electron chi connectivity index (χ0n) is 9.70. The molecule has 7 heteroatoms. The second kappa shape index (κ2) is 7.03. The summed E-state index contributed by atoms with van der Waals surface area (Å²) in [7, 11) is 0. The Balaban J connectivity index is 2.43. The lowest BCUT2D eigenvalue weighted by atomic mass is 10.1. The fourth-order valence-corrected chi connectivity index (χ4v) is 1.40. The normalized spacial score (nSPS) is 9.56. The maximum absolute atomic E-state index is 11.7. The molecule has 1 rings (SSSR count). The highest BCUT2D eigenvalue weighted by Gasteiger charge is 2.14. The summed E-state index contributed by atoms with van der Waals surface area (Å²) in [6.45, 7) is 0.766. The fourth-order valence-electron chi connectivity index (χ4n) is 1.40. The van der Waals surface area contributed by atoms with Gasteiger partial charge >= 0.3 is 0 Å². The molecule has 0 aliphatic carbocycles. The van der Waals surface area contributed by atoms with Crippen molar-refractivity contribution in [3.8, 4) is 11.5 Å². The molecule has 0 aromatic heterocycles. The number of azide groups is 1. The van der Waals surface area contributed by atoms with Gasteiger partial charge in [-0.05, 0) is 30.5 Å². The van der Waals surface area contributed by atoms with Crippen LogP contribution in [0, 0.1) is 0 Å². The maximum atomic E-state index is 11.7. The Kier molecular flexibility index (Phi) is 5.34.